The van der Waals surface area contributed by atoms with Crippen LogP contribution in [0.15, 0.2) is 0 Å². The highest BCUT2D eigenvalue weighted by molar-refractivity contribution is 7.89. The van der Waals surface area contributed by atoms with Crippen molar-refractivity contribution in [3.05, 3.63) is 0 Å². The zero-order valence-corrected chi connectivity index (χ0v) is 11.4. The minimum Gasteiger partial charge on any atom is -0.381 e. The van der Waals surface area contributed by atoms with Gasteiger partial charge in [-0.05, 0) is 19.8 Å². The van der Waals surface area contributed by atoms with Crippen molar-refractivity contribution in [2.24, 2.45) is 5.73 Å². The molecule has 0 bridgehead atoms. The van der Waals surface area contributed by atoms with E-state index in [1.54, 1.807) is 6.92 Å². The van der Waals surface area contributed by atoms with Crippen molar-refractivity contribution in [2.75, 3.05) is 26.0 Å². The molecule has 2 N–H and O–H groups in total. The van der Waals surface area contributed by atoms with E-state index in [1.807, 2.05) is 0 Å². The summed E-state index contributed by atoms with van der Waals surface area (Å²) in [5.74, 6) is 0.0379. The van der Waals surface area contributed by atoms with Gasteiger partial charge in [0.05, 0.1) is 11.9 Å². The highest BCUT2D eigenvalue weighted by Crippen LogP contribution is 2.14. The van der Waals surface area contributed by atoms with Gasteiger partial charge >= 0.3 is 0 Å². The third kappa shape index (κ3) is 4.55. The number of ether oxygens (including phenoxy) is 1. The molecule has 5 nitrogen and oxygen atoms in total. The van der Waals surface area contributed by atoms with Crippen LogP contribution < -0.4 is 5.73 Å². The molecule has 0 aliphatic carbocycles. The maximum absolute atomic E-state index is 11.9. The number of hydrogen-bond acceptors (Lipinski definition) is 4. The maximum Gasteiger partial charge on any atom is 0.216 e. The number of rotatable bonds is 4. The van der Waals surface area contributed by atoms with Gasteiger partial charge in [-0.1, -0.05) is 0 Å². The zero-order valence-electron chi connectivity index (χ0n) is 9.76. The second-order valence-electron chi connectivity index (χ2n) is 4.09. The van der Waals surface area contributed by atoms with Crippen LogP contribution in [0, 0.1) is 0 Å². The lowest BCUT2D eigenvalue weighted by molar-refractivity contribution is 0.134. The average molecular weight is 273 g/mol. The Bertz CT molecular complexity index is 297. The molecule has 0 aromatic carbocycles. The Labute approximate surface area is 104 Å². The quantitative estimate of drug-likeness (QED) is 0.793. The molecule has 7 heteroatoms. The van der Waals surface area contributed by atoms with Crippen LogP contribution in [0.25, 0.3) is 0 Å². The van der Waals surface area contributed by atoms with E-state index >= 15 is 0 Å². The molecule has 0 spiro atoms. The molecular weight excluding hydrogens is 252 g/mol. The van der Waals surface area contributed by atoms with Crippen LogP contribution in [0.2, 0.25) is 0 Å². The summed E-state index contributed by atoms with van der Waals surface area (Å²) >= 11 is 0. The highest BCUT2D eigenvalue weighted by atomic mass is 35.5. The topological polar surface area (TPSA) is 72.6 Å². The van der Waals surface area contributed by atoms with Crippen molar-refractivity contribution >= 4 is 22.4 Å². The van der Waals surface area contributed by atoms with Gasteiger partial charge in [0.15, 0.2) is 0 Å². The van der Waals surface area contributed by atoms with Gasteiger partial charge < -0.3 is 10.5 Å². The molecule has 1 heterocycles. The van der Waals surface area contributed by atoms with Crippen molar-refractivity contribution in [1.29, 1.82) is 0 Å². The van der Waals surface area contributed by atoms with Crippen molar-refractivity contribution in [1.82, 2.24) is 4.31 Å². The van der Waals surface area contributed by atoms with Gasteiger partial charge in [0.25, 0.3) is 0 Å². The van der Waals surface area contributed by atoms with Gasteiger partial charge in [0.1, 0.15) is 0 Å². The maximum atomic E-state index is 11.9. The molecular formula is C9H21ClN2O3S. The predicted octanol–water partition coefficient (Wildman–Crippen LogP) is 0.196. The molecule has 0 saturated carbocycles. The summed E-state index contributed by atoms with van der Waals surface area (Å²) in [6.07, 6.45) is 1.49. The van der Waals surface area contributed by atoms with Crippen LogP contribution in [-0.4, -0.2) is 50.8 Å². The van der Waals surface area contributed by atoms with Crippen molar-refractivity contribution in [2.45, 2.75) is 31.9 Å². The Kier molecular flexibility index (Phi) is 6.81. The number of sulfonamides is 1. The molecule has 1 fully saturated rings. The third-order valence-corrected chi connectivity index (χ3v) is 4.67. The number of hydrogen-bond donors (Lipinski definition) is 1. The summed E-state index contributed by atoms with van der Waals surface area (Å²) in [6.45, 7) is 2.78. The third-order valence-electron chi connectivity index (χ3n) is 2.66. The zero-order chi connectivity index (χ0) is 11.5. The first-order chi connectivity index (χ1) is 6.95. The summed E-state index contributed by atoms with van der Waals surface area (Å²) in [6, 6.07) is -0.0219. The Balaban J connectivity index is 0.00000225. The molecule has 16 heavy (non-hydrogen) atoms. The van der Waals surface area contributed by atoms with E-state index in [0.717, 1.165) is 12.8 Å². The van der Waals surface area contributed by atoms with E-state index in [0.29, 0.717) is 13.1 Å². The van der Waals surface area contributed by atoms with Gasteiger partial charge in [-0.25, -0.2) is 12.7 Å². The van der Waals surface area contributed by atoms with Crippen molar-refractivity contribution in [3.8, 4) is 0 Å². The monoisotopic (exact) mass is 272 g/mol. The lowest BCUT2D eigenvalue weighted by Gasteiger charge is -2.30. The Morgan fingerprint density at radius 2 is 2.19 bits per heavy atom. The number of halogens is 1. The predicted molar refractivity (Wildman–Crippen MR) is 66.3 cm³/mol. The lowest BCUT2D eigenvalue weighted by Crippen LogP contribution is -2.47. The Hall–Kier alpha value is 0.120. The second-order valence-corrected chi connectivity index (χ2v) is 6.10. The van der Waals surface area contributed by atoms with E-state index in [-0.39, 0.29) is 30.3 Å². The van der Waals surface area contributed by atoms with E-state index in [1.165, 1.54) is 11.4 Å². The van der Waals surface area contributed by atoms with E-state index < -0.39 is 10.0 Å². The van der Waals surface area contributed by atoms with Gasteiger partial charge in [0, 0.05) is 26.2 Å². The number of nitrogens with two attached hydrogens (primary N) is 1. The first-order valence-electron chi connectivity index (χ1n) is 5.22. The molecule has 0 aromatic rings. The van der Waals surface area contributed by atoms with Gasteiger partial charge in [-0.15, -0.1) is 12.4 Å². The summed E-state index contributed by atoms with van der Waals surface area (Å²) in [5, 5.41) is 0. The van der Waals surface area contributed by atoms with Crippen molar-refractivity contribution < 1.29 is 13.2 Å². The average Bonchev–Trinajstić information content (AvgIpc) is 2.17. The first-order valence-corrected chi connectivity index (χ1v) is 6.83. The highest BCUT2D eigenvalue weighted by Gasteiger charge is 2.28. The van der Waals surface area contributed by atoms with Gasteiger partial charge in [-0.3, -0.25) is 0 Å². The summed E-state index contributed by atoms with van der Waals surface area (Å²) in [5.41, 5.74) is 5.75. The van der Waals surface area contributed by atoms with E-state index in [4.69, 9.17) is 10.5 Å². The fraction of sp³-hybridized carbons (Fsp3) is 1.00. The fourth-order valence-corrected chi connectivity index (χ4v) is 3.46. The van der Waals surface area contributed by atoms with Gasteiger partial charge in [-0.2, -0.15) is 0 Å². The minimum atomic E-state index is -3.20. The Morgan fingerprint density at radius 3 is 2.69 bits per heavy atom. The molecule has 2 atom stereocenters. The molecule has 1 saturated heterocycles. The van der Waals surface area contributed by atoms with E-state index in [9.17, 15) is 8.42 Å². The van der Waals surface area contributed by atoms with Crippen LogP contribution in [0.4, 0.5) is 0 Å². The number of piperidine rings is 1. The molecule has 1 rings (SSSR count). The normalized spacial score (nSPS) is 24.8. The Morgan fingerprint density at radius 1 is 1.56 bits per heavy atom. The van der Waals surface area contributed by atoms with Crippen LogP contribution in [0.1, 0.15) is 19.8 Å². The molecule has 0 radical (unpaired) electrons. The fourth-order valence-electron chi connectivity index (χ4n) is 1.70. The molecule has 2 unspecified atom stereocenters. The van der Waals surface area contributed by atoms with Crippen LogP contribution in [0.5, 0.6) is 0 Å². The summed E-state index contributed by atoms with van der Waals surface area (Å²) < 4.78 is 30.2. The van der Waals surface area contributed by atoms with Crippen LogP contribution in [0.3, 0.4) is 0 Å². The standard InChI is InChI=1S/C9H20N2O3S.ClH/c1-8(14-2)7-15(12,13)11-5-3-4-9(10)6-11;/h8-9H,3-7,10H2,1-2H3;1H. The molecule has 1 aliphatic heterocycles. The first kappa shape index (κ1) is 16.1. The smallest absolute Gasteiger partial charge is 0.216 e. The van der Waals surface area contributed by atoms with Gasteiger partial charge in [0.2, 0.25) is 10.0 Å². The van der Waals surface area contributed by atoms with Crippen molar-refractivity contribution in [3.63, 3.8) is 0 Å². The molecule has 1 aliphatic rings. The second kappa shape index (κ2) is 6.76. The molecule has 98 valence electrons. The summed E-state index contributed by atoms with van der Waals surface area (Å²) in [4.78, 5) is 0. The van der Waals surface area contributed by atoms with Crippen LogP contribution in [-0.2, 0) is 14.8 Å². The SMILES string of the molecule is COC(C)CS(=O)(=O)N1CCCC(N)C1.Cl. The minimum absolute atomic E-state index is 0. The number of nitrogens with zero attached hydrogens (tertiary/aromatic N) is 1. The summed E-state index contributed by atoms with van der Waals surface area (Å²) in [7, 11) is -1.68. The van der Waals surface area contributed by atoms with E-state index in [2.05, 4.69) is 0 Å². The molecule has 0 amide bonds. The lowest BCUT2D eigenvalue weighted by atomic mass is 10.1. The molecule has 0 aromatic heterocycles. The largest absolute Gasteiger partial charge is 0.381 e. The van der Waals surface area contributed by atoms with Crippen LogP contribution >= 0.6 is 12.4 Å². The number of methoxy groups -OCH3 is 1.